The van der Waals surface area contributed by atoms with Gasteiger partial charge in [0.1, 0.15) is 0 Å². The minimum Gasteiger partial charge on any atom is -0.338 e. The summed E-state index contributed by atoms with van der Waals surface area (Å²) in [4.78, 5) is 17.0. The van der Waals surface area contributed by atoms with Crippen molar-refractivity contribution in [2.75, 3.05) is 33.2 Å². The van der Waals surface area contributed by atoms with Crippen LogP contribution in [0.25, 0.3) is 0 Å². The van der Waals surface area contributed by atoms with E-state index >= 15 is 0 Å². The van der Waals surface area contributed by atoms with Crippen molar-refractivity contribution in [3.8, 4) is 0 Å². The van der Waals surface area contributed by atoms with Gasteiger partial charge in [0.15, 0.2) is 0 Å². The second-order valence-electron chi connectivity index (χ2n) is 6.72. The first kappa shape index (κ1) is 16.1. The number of piperazine rings is 1. The van der Waals surface area contributed by atoms with Gasteiger partial charge in [0.05, 0.1) is 6.04 Å². The van der Waals surface area contributed by atoms with E-state index in [9.17, 15) is 4.79 Å². The maximum Gasteiger partial charge on any atom is 0.318 e. The van der Waals surface area contributed by atoms with Gasteiger partial charge in [-0.25, -0.2) is 4.79 Å². The molecule has 23 heavy (non-hydrogen) atoms. The maximum atomic E-state index is 12.7. The van der Waals surface area contributed by atoms with Crippen LogP contribution >= 0.6 is 0 Å². The second-order valence-corrected chi connectivity index (χ2v) is 6.72. The molecule has 1 aromatic carbocycles. The number of carbonyl (C=O) groups is 1. The third-order valence-corrected chi connectivity index (χ3v) is 4.95. The highest BCUT2D eigenvalue weighted by atomic mass is 16.2. The van der Waals surface area contributed by atoms with Gasteiger partial charge in [0, 0.05) is 26.2 Å². The largest absolute Gasteiger partial charge is 0.338 e. The molecule has 2 amide bonds. The number of hydrogen-bond acceptors (Lipinski definition) is 2. The van der Waals surface area contributed by atoms with Crippen LogP contribution in [0.5, 0.6) is 0 Å². The lowest BCUT2D eigenvalue weighted by molar-refractivity contribution is 0.108. The second kappa shape index (κ2) is 7.64. The molecule has 2 aliphatic rings. The zero-order valence-corrected chi connectivity index (χ0v) is 13.9. The standard InChI is InChI=1S/C19H27N3O/c1-21-12-13-22(18(15-21)17-10-6-3-7-11-17)19(23)20-14-16-8-4-2-5-9-16/h2-4,6-7,10-11,16,18H,5,8-9,12-15H2,1H3,(H,20,23). The Morgan fingerprint density at radius 2 is 2.04 bits per heavy atom. The van der Waals surface area contributed by atoms with Crippen LogP contribution in [0, 0.1) is 5.92 Å². The molecule has 1 heterocycles. The van der Waals surface area contributed by atoms with E-state index in [0.29, 0.717) is 5.92 Å². The number of amides is 2. The molecule has 0 radical (unpaired) electrons. The number of rotatable bonds is 3. The van der Waals surface area contributed by atoms with Crippen molar-refractivity contribution in [2.45, 2.75) is 25.3 Å². The van der Waals surface area contributed by atoms with E-state index in [0.717, 1.165) is 39.0 Å². The first-order valence-corrected chi connectivity index (χ1v) is 8.67. The minimum absolute atomic E-state index is 0.0847. The molecule has 1 aliphatic heterocycles. The molecule has 2 atom stereocenters. The van der Waals surface area contributed by atoms with E-state index in [4.69, 9.17) is 0 Å². The minimum atomic E-state index is 0.0847. The Bertz CT molecular complexity index is 543. The zero-order chi connectivity index (χ0) is 16.1. The van der Waals surface area contributed by atoms with Gasteiger partial charge >= 0.3 is 6.03 Å². The molecule has 0 saturated carbocycles. The summed E-state index contributed by atoms with van der Waals surface area (Å²) in [5.74, 6) is 0.589. The third kappa shape index (κ3) is 4.14. The van der Waals surface area contributed by atoms with E-state index in [1.807, 2.05) is 23.1 Å². The summed E-state index contributed by atoms with van der Waals surface area (Å²) in [6.07, 6.45) is 7.89. The van der Waals surface area contributed by atoms with Crippen LogP contribution in [0.4, 0.5) is 4.79 Å². The monoisotopic (exact) mass is 313 g/mol. The van der Waals surface area contributed by atoms with Crippen LogP contribution in [0.15, 0.2) is 42.5 Å². The number of nitrogens with one attached hydrogen (secondary N) is 1. The lowest BCUT2D eigenvalue weighted by atomic mass is 9.94. The fraction of sp³-hybridized carbons (Fsp3) is 0.526. The highest BCUT2D eigenvalue weighted by Gasteiger charge is 2.30. The predicted octanol–water partition coefficient (Wildman–Crippen LogP) is 3.04. The van der Waals surface area contributed by atoms with E-state index in [1.165, 1.54) is 12.0 Å². The molecular formula is C19H27N3O. The molecule has 1 fully saturated rings. The highest BCUT2D eigenvalue weighted by molar-refractivity contribution is 5.75. The highest BCUT2D eigenvalue weighted by Crippen LogP contribution is 2.25. The van der Waals surface area contributed by atoms with Gasteiger partial charge in [-0.2, -0.15) is 0 Å². The van der Waals surface area contributed by atoms with Gasteiger partial charge < -0.3 is 15.1 Å². The van der Waals surface area contributed by atoms with Crippen LogP contribution in [0.3, 0.4) is 0 Å². The Morgan fingerprint density at radius 1 is 1.22 bits per heavy atom. The van der Waals surface area contributed by atoms with Crippen molar-refractivity contribution in [3.63, 3.8) is 0 Å². The number of likely N-dealkylation sites (N-methyl/N-ethyl adjacent to an activating group) is 1. The molecule has 3 rings (SSSR count). The number of allylic oxidation sites excluding steroid dienone is 2. The van der Waals surface area contributed by atoms with Crippen molar-refractivity contribution in [1.29, 1.82) is 0 Å². The van der Waals surface area contributed by atoms with Gasteiger partial charge in [-0.3, -0.25) is 0 Å². The van der Waals surface area contributed by atoms with Gasteiger partial charge in [0.25, 0.3) is 0 Å². The van der Waals surface area contributed by atoms with E-state index < -0.39 is 0 Å². The Kier molecular flexibility index (Phi) is 5.34. The molecule has 0 aromatic heterocycles. The third-order valence-electron chi connectivity index (χ3n) is 4.95. The van der Waals surface area contributed by atoms with Crippen molar-refractivity contribution in [3.05, 3.63) is 48.0 Å². The summed E-state index contributed by atoms with van der Waals surface area (Å²) < 4.78 is 0. The molecule has 0 bridgehead atoms. The lowest BCUT2D eigenvalue weighted by Gasteiger charge is -2.40. The van der Waals surface area contributed by atoms with Crippen LogP contribution in [-0.4, -0.2) is 49.1 Å². The first-order valence-electron chi connectivity index (χ1n) is 8.67. The molecular weight excluding hydrogens is 286 g/mol. The number of benzene rings is 1. The van der Waals surface area contributed by atoms with Crippen molar-refractivity contribution < 1.29 is 4.79 Å². The molecule has 1 aliphatic carbocycles. The van der Waals surface area contributed by atoms with E-state index in [-0.39, 0.29) is 12.1 Å². The van der Waals surface area contributed by atoms with E-state index in [2.05, 4.69) is 41.5 Å². The molecule has 4 nitrogen and oxygen atoms in total. The normalized spacial score (nSPS) is 25.3. The summed E-state index contributed by atoms with van der Waals surface area (Å²) in [5.41, 5.74) is 1.22. The molecule has 0 spiro atoms. The summed E-state index contributed by atoms with van der Waals surface area (Å²) in [7, 11) is 2.12. The fourth-order valence-electron chi connectivity index (χ4n) is 3.50. The summed E-state index contributed by atoms with van der Waals surface area (Å²) >= 11 is 0. The SMILES string of the molecule is CN1CCN(C(=O)NCC2CC=CCC2)C(c2ccccc2)C1. The van der Waals surface area contributed by atoms with E-state index in [1.54, 1.807) is 0 Å². The first-order chi connectivity index (χ1) is 11.2. The number of nitrogens with zero attached hydrogens (tertiary/aromatic N) is 2. The smallest absolute Gasteiger partial charge is 0.318 e. The average molecular weight is 313 g/mol. The average Bonchev–Trinajstić information content (AvgIpc) is 2.61. The Hall–Kier alpha value is -1.81. The van der Waals surface area contributed by atoms with Crippen molar-refractivity contribution in [1.82, 2.24) is 15.1 Å². The van der Waals surface area contributed by atoms with Crippen molar-refractivity contribution >= 4 is 6.03 Å². The Morgan fingerprint density at radius 3 is 2.78 bits per heavy atom. The predicted molar refractivity (Wildman–Crippen MR) is 93.3 cm³/mol. The summed E-state index contributed by atoms with van der Waals surface area (Å²) in [6, 6.07) is 10.6. The van der Waals surface area contributed by atoms with Crippen molar-refractivity contribution in [2.24, 2.45) is 5.92 Å². The maximum absolute atomic E-state index is 12.7. The summed E-state index contributed by atoms with van der Waals surface area (Å²) in [5, 5.41) is 3.17. The Labute approximate surface area is 139 Å². The molecule has 1 N–H and O–H groups in total. The molecule has 4 heteroatoms. The molecule has 124 valence electrons. The summed E-state index contributed by atoms with van der Waals surface area (Å²) in [6.45, 7) is 3.40. The van der Waals surface area contributed by atoms with Gasteiger partial charge in [0.2, 0.25) is 0 Å². The topological polar surface area (TPSA) is 35.6 Å². The molecule has 1 saturated heterocycles. The number of carbonyl (C=O) groups excluding carboxylic acids is 1. The van der Waals surface area contributed by atoms with Gasteiger partial charge in [-0.05, 0) is 37.8 Å². The van der Waals surface area contributed by atoms with Crippen LogP contribution in [-0.2, 0) is 0 Å². The van der Waals surface area contributed by atoms with Crippen LogP contribution in [0.2, 0.25) is 0 Å². The molecule has 2 unspecified atom stereocenters. The number of urea groups is 1. The zero-order valence-electron chi connectivity index (χ0n) is 13.9. The quantitative estimate of drug-likeness (QED) is 0.871. The molecule has 1 aromatic rings. The van der Waals surface area contributed by atoms with Gasteiger partial charge in [-0.15, -0.1) is 0 Å². The van der Waals surface area contributed by atoms with Crippen LogP contribution < -0.4 is 5.32 Å². The van der Waals surface area contributed by atoms with Crippen LogP contribution in [0.1, 0.15) is 30.9 Å². The fourth-order valence-corrected chi connectivity index (χ4v) is 3.50. The van der Waals surface area contributed by atoms with Gasteiger partial charge in [-0.1, -0.05) is 42.5 Å². The lowest BCUT2D eigenvalue weighted by Crippen LogP contribution is -2.53. The Balaban J connectivity index is 1.63. The number of hydrogen-bond donors (Lipinski definition) is 1.